The first-order valence-corrected chi connectivity index (χ1v) is 5.39. The average molecular weight is 209 g/mol. The van der Waals surface area contributed by atoms with E-state index in [1.165, 1.54) is 11.3 Å². The number of rotatable bonds is 1. The molecule has 1 aromatic rings. The molecule has 4 heteroatoms. The van der Waals surface area contributed by atoms with Gasteiger partial charge in [-0.05, 0) is 20.8 Å². The minimum atomic E-state index is -0.231. The normalized spacial score (nSPS) is 31.9. The van der Waals surface area contributed by atoms with Gasteiger partial charge in [-0.3, -0.25) is 4.68 Å². The van der Waals surface area contributed by atoms with Gasteiger partial charge in [0.2, 0.25) is 0 Å². The van der Waals surface area contributed by atoms with E-state index < -0.39 is 0 Å². The van der Waals surface area contributed by atoms with Crippen molar-refractivity contribution in [2.75, 3.05) is 13.2 Å². The number of nitrogens with one attached hydrogen (secondary N) is 1. The first kappa shape index (κ1) is 10.6. The molecule has 84 valence electrons. The molecule has 0 radical (unpaired) electrons. The number of morpholine rings is 1. The van der Waals surface area contributed by atoms with Crippen LogP contribution >= 0.6 is 0 Å². The SMILES string of the molecule is Cc1c(C2(C)CNC(C)CO2)cnn1C. The summed E-state index contributed by atoms with van der Waals surface area (Å²) in [6.07, 6.45) is 1.91. The van der Waals surface area contributed by atoms with Gasteiger partial charge in [-0.25, -0.2) is 0 Å². The fourth-order valence-electron chi connectivity index (χ4n) is 1.98. The highest BCUT2D eigenvalue weighted by atomic mass is 16.5. The molecule has 0 amide bonds. The lowest BCUT2D eigenvalue weighted by Crippen LogP contribution is -2.50. The number of aryl methyl sites for hydroxylation is 1. The molecule has 1 aromatic heterocycles. The molecule has 1 saturated heterocycles. The largest absolute Gasteiger partial charge is 0.368 e. The quantitative estimate of drug-likeness (QED) is 0.748. The third-order valence-corrected chi connectivity index (χ3v) is 3.24. The Morgan fingerprint density at radius 2 is 2.40 bits per heavy atom. The highest BCUT2D eigenvalue weighted by Gasteiger charge is 2.34. The molecule has 2 atom stereocenters. The van der Waals surface area contributed by atoms with Gasteiger partial charge in [0, 0.05) is 30.9 Å². The molecule has 15 heavy (non-hydrogen) atoms. The third-order valence-electron chi connectivity index (χ3n) is 3.24. The summed E-state index contributed by atoms with van der Waals surface area (Å²) in [7, 11) is 1.96. The zero-order valence-corrected chi connectivity index (χ0v) is 9.87. The van der Waals surface area contributed by atoms with Crippen LogP contribution in [0.4, 0.5) is 0 Å². The van der Waals surface area contributed by atoms with Crippen LogP contribution in [0.25, 0.3) is 0 Å². The maximum atomic E-state index is 5.94. The van der Waals surface area contributed by atoms with Crippen LogP contribution in [0.2, 0.25) is 0 Å². The average Bonchev–Trinajstić information content (AvgIpc) is 2.54. The van der Waals surface area contributed by atoms with Crippen LogP contribution in [0, 0.1) is 6.92 Å². The Bertz CT molecular complexity index is 351. The van der Waals surface area contributed by atoms with E-state index >= 15 is 0 Å². The van der Waals surface area contributed by atoms with Gasteiger partial charge in [0.1, 0.15) is 5.60 Å². The predicted molar refractivity (Wildman–Crippen MR) is 58.7 cm³/mol. The fraction of sp³-hybridized carbons (Fsp3) is 0.727. The van der Waals surface area contributed by atoms with E-state index in [0.717, 1.165) is 13.2 Å². The molecule has 0 aromatic carbocycles. The highest BCUT2D eigenvalue weighted by molar-refractivity contribution is 5.24. The molecular formula is C11H19N3O. The lowest BCUT2D eigenvalue weighted by atomic mass is 9.94. The van der Waals surface area contributed by atoms with E-state index in [0.29, 0.717) is 6.04 Å². The lowest BCUT2D eigenvalue weighted by Gasteiger charge is -2.37. The fourth-order valence-corrected chi connectivity index (χ4v) is 1.98. The van der Waals surface area contributed by atoms with Crippen molar-refractivity contribution in [3.63, 3.8) is 0 Å². The Balaban J connectivity index is 2.26. The molecule has 1 N–H and O–H groups in total. The zero-order chi connectivity index (χ0) is 11.1. The number of hydrogen-bond donors (Lipinski definition) is 1. The molecule has 2 heterocycles. The zero-order valence-electron chi connectivity index (χ0n) is 9.87. The van der Waals surface area contributed by atoms with Crippen molar-refractivity contribution >= 4 is 0 Å². The molecule has 2 unspecified atom stereocenters. The molecule has 1 aliphatic heterocycles. The summed E-state index contributed by atoms with van der Waals surface area (Å²) < 4.78 is 7.83. The van der Waals surface area contributed by atoms with Crippen LogP contribution in [0.3, 0.4) is 0 Å². The molecule has 0 spiro atoms. The molecular weight excluding hydrogens is 190 g/mol. The predicted octanol–water partition coefficient (Wildman–Crippen LogP) is 0.952. The monoisotopic (exact) mass is 209 g/mol. The Morgan fingerprint density at radius 1 is 1.67 bits per heavy atom. The van der Waals surface area contributed by atoms with Crippen molar-refractivity contribution in [2.45, 2.75) is 32.4 Å². The van der Waals surface area contributed by atoms with Crippen LogP contribution in [0.5, 0.6) is 0 Å². The van der Waals surface area contributed by atoms with Crippen LogP contribution in [0.1, 0.15) is 25.1 Å². The molecule has 4 nitrogen and oxygen atoms in total. The molecule has 0 aliphatic carbocycles. The van der Waals surface area contributed by atoms with Gasteiger partial charge in [0.05, 0.1) is 12.8 Å². The highest BCUT2D eigenvalue weighted by Crippen LogP contribution is 2.29. The van der Waals surface area contributed by atoms with Crippen LogP contribution in [-0.4, -0.2) is 29.0 Å². The standard InChI is InChI=1S/C11H19N3O/c1-8-6-15-11(3,7-12-8)10-5-13-14(4)9(10)2/h5,8,12H,6-7H2,1-4H3. The van der Waals surface area contributed by atoms with Crippen molar-refractivity contribution in [3.8, 4) is 0 Å². The van der Waals surface area contributed by atoms with Crippen molar-refractivity contribution in [1.82, 2.24) is 15.1 Å². The van der Waals surface area contributed by atoms with Crippen molar-refractivity contribution in [1.29, 1.82) is 0 Å². The van der Waals surface area contributed by atoms with Gasteiger partial charge in [0.15, 0.2) is 0 Å². The summed E-state index contributed by atoms with van der Waals surface area (Å²) in [5, 5.41) is 7.71. The molecule has 1 aliphatic rings. The molecule has 0 saturated carbocycles. The van der Waals surface area contributed by atoms with Gasteiger partial charge in [-0.15, -0.1) is 0 Å². The van der Waals surface area contributed by atoms with Gasteiger partial charge in [-0.2, -0.15) is 5.10 Å². The topological polar surface area (TPSA) is 39.1 Å². The van der Waals surface area contributed by atoms with E-state index in [9.17, 15) is 0 Å². The van der Waals surface area contributed by atoms with E-state index in [4.69, 9.17) is 4.74 Å². The third kappa shape index (κ3) is 1.79. The summed E-state index contributed by atoms with van der Waals surface area (Å²) in [4.78, 5) is 0. The summed E-state index contributed by atoms with van der Waals surface area (Å²) in [6, 6.07) is 0.440. The lowest BCUT2D eigenvalue weighted by molar-refractivity contribution is -0.0732. The van der Waals surface area contributed by atoms with Crippen molar-refractivity contribution in [3.05, 3.63) is 17.5 Å². The summed E-state index contributed by atoms with van der Waals surface area (Å²) in [5.74, 6) is 0. The summed E-state index contributed by atoms with van der Waals surface area (Å²) in [6.45, 7) is 7.94. The van der Waals surface area contributed by atoms with E-state index in [1.807, 2.05) is 17.9 Å². The molecule has 0 bridgehead atoms. The van der Waals surface area contributed by atoms with Crippen LogP contribution < -0.4 is 5.32 Å². The number of ether oxygens (including phenoxy) is 1. The minimum absolute atomic E-state index is 0.231. The van der Waals surface area contributed by atoms with Gasteiger partial charge in [-0.1, -0.05) is 0 Å². The second-order valence-corrected chi connectivity index (χ2v) is 4.59. The summed E-state index contributed by atoms with van der Waals surface area (Å²) in [5.41, 5.74) is 2.13. The second-order valence-electron chi connectivity index (χ2n) is 4.59. The minimum Gasteiger partial charge on any atom is -0.368 e. The maximum absolute atomic E-state index is 5.94. The van der Waals surface area contributed by atoms with Gasteiger partial charge < -0.3 is 10.1 Å². The van der Waals surface area contributed by atoms with Gasteiger partial charge >= 0.3 is 0 Å². The Kier molecular flexibility index (Phi) is 2.56. The molecule has 2 rings (SSSR count). The number of nitrogens with zero attached hydrogens (tertiary/aromatic N) is 2. The summed E-state index contributed by atoms with van der Waals surface area (Å²) >= 11 is 0. The van der Waals surface area contributed by atoms with E-state index in [1.54, 1.807) is 0 Å². The van der Waals surface area contributed by atoms with Gasteiger partial charge in [0.25, 0.3) is 0 Å². The van der Waals surface area contributed by atoms with Crippen molar-refractivity contribution in [2.24, 2.45) is 7.05 Å². The van der Waals surface area contributed by atoms with E-state index in [2.05, 4.69) is 31.2 Å². The smallest absolute Gasteiger partial charge is 0.106 e. The van der Waals surface area contributed by atoms with E-state index in [-0.39, 0.29) is 5.60 Å². The Labute approximate surface area is 90.6 Å². The number of hydrogen-bond acceptors (Lipinski definition) is 3. The first-order chi connectivity index (χ1) is 7.03. The Morgan fingerprint density at radius 3 is 2.87 bits per heavy atom. The first-order valence-electron chi connectivity index (χ1n) is 5.39. The second kappa shape index (κ2) is 3.61. The maximum Gasteiger partial charge on any atom is 0.106 e. The molecule has 1 fully saturated rings. The van der Waals surface area contributed by atoms with Crippen LogP contribution in [-0.2, 0) is 17.4 Å². The van der Waals surface area contributed by atoms with Crippen molar-refractivity contribution < 1.29 is 4.74 Å². The Hall–Kier alpha value is -0.870. The number of aromatic nitrogens is 2. The van der Waals surface area contributed by atoms with Crippen LogP contribution in [0.15, 0.2) is 6.20 Å².